The van der Waals surface area contributed by atoms with Gasteiger partial charge >= 0.3 is 30.2 Å². The molecule has 3 unspecified atom stereocenters. The molecule has 30 heavy (non-hydrogen) atoms. The summed E-state index contributed by atoms with van der Waals surface area (Å²) in [5, 5.41) is -4.09. The van der Waals surface area contributed by atoms with Gasteiger partial charge in [0.05, 0.1) is 6.33 Å². The fourth-order valence-corrected chi connectivity index (χ4v) is 2.35. The van der Waals surface area contributed by atoms with Crippen molar-refractivity contribution in [2.75, 3.05) is 0 Å². The van der Waals surface area contributed by atoms with E-state index in [9.17, 15) is 57.9 Å². The van der Waals surface area contributed by atoms with Crippen molar-refractivity contribution in [3.05, 3.63) is 24.6 Å². The smallest absolute Gasteiger partial charge is 0.387 e. The van der Waals surface area contributed by atoms with Gasteiger partial charge in [0.1, 0.15) is 5.38 Å². The van der Waals surface area contributed by atoms with Crippen LogP contribution in [0.5, 0.6) is 0 Å². The molecular formula is C13H6Cl3F11O3. The summed E-state index contributed by atoms with van der Waals surface area (Å²) in [7, 11) is 0. The predicted molar refractivity (Wildman–Crippen MR) is 80.4 cm³/mol. The first kappa shape index (κ1) is 28.7. The van der Waals surface area contributed by atoms with E-state index in [1.54, 1.807) is 0 Å². The summed E-state index contributed by atoms with van der Waals surface area (Å²) in [6, 6.07) is 0. The van der Waals surface area contributed by atoms with Crippen LogP contribution in [0.3, 0.4) is 0 Å². The van der Waals surface area contributed by atoms with Gasteiger partial charge in [-0.2, -0.15) is 26.3 Å². The van der Waals surface area contributed by atoms with E-state index in [0.29, 0.717) is 0 Å². The van der Waals surface area contributed by atoms with Gasteiger partial charge in [0.15, 0.2) is 4.33 Å². The Hall–Kier alpha value is -1.28. The molecule has 1 heterocycles. The minimum absolute atomic E-state index is 0.579. The second kappa shape index (κ2) is 9.47. The Bertz CT molecular complexity index is 687. The number of carbonyl (C=O) groups is 2. The average molecular weight is 526 g/mol. The number of carbonyl (C=O) groups excluding carboxylic acids is 2. The summed E-state index contributed by atoms with van der Waals surface area (Å²) in [6.45, 7) is 0. The summed E-state index contributed by atoms with van der Waals surface area (Å²) in [4.78, 5) is 19.8. The number of halogens is 14. The number of ether oxygens (including phenoxy) is 1. The lowest BCUT2D eigenvalue weighted by atomic mass is 9.91. The van der Waals surface area contributed by atoms with Gasteiger partial charge in [0, 0.05) is 12.2 Å². The fourth-order valence-electron chi connectivity index (χ4n) is 1.56. The molecule has 17 heteroatoms. The number of allylic oxidation sites excluding steroid dienone is 1. The van der Waals surface area contributed by atoms with Crippen molar-refractivity contribution < 1.29 is 62.6 Å². The summed E-state index contributed by atoms with van der Waals surface area (Å²) in [6.07, 6.45) is -17.6. The van der Waals surface area contributed by atoms with E-state index < -0.39 is 64.2 Å². The highest BCUT2D eigenvalue weighted by atomic mass is 35.5. The third-order valence-corrected chi connectivity index (χ3v) is 4.69. The van der Waals surface area contributed by atoms with E-state index >= 15 is 0 Å². The average Bonchev–Trinajstić information content (AvgIpc) is 2.95. The van der Waals surface area contributed by atoms with Gasteiger partial charge in [0.2, 0.25) is 6.17 Å². The Morgan fingerprint density at radius 2 is 1.30 bits per heavy atom. The monoisotopic (exact) mass is 524 g/mol. The van der Waals surface area contributed by atoms with Crippen molar-refractivity contribution in [3.63, 3.8) is 0 Å². The lowest BCUT2D eigenvalue weighted by Crippen LogP contribution is -2.64. The van der Waals surface area contributed by atoms with Gasteiger partial charge in [-0.1, -0.05) is 23.2 Å². The van der Waals surface area contributed by atoms with E-state index in [0.717, 1.165) is 12.2 Å². The van der Waals surface area contributed by atoms with E-state index in [1.807, 2.05) is 0 Å². The van der Waals surface area contributed by atoms with Gasteiger partial charge in [-0.25, -0.2) is 31.5 Å². The third-order valence-electron chi connectivity index (χ3n) is 3.03. The van der Waals surface area contributed by atoms with Crippen LogP contribution in [0.1, 0.15) is 0 Å². The van der Waals surface area contributed by atoms with E-state index in [4.69, 9.17) is 0 Å². The van der Waals surface area contributed by atoms with Crippen molar-refractivity contribution in [3.8, 4) is 0 Å². The Kier molecular flexibility index (Phi) is 9.06. The molecule has 0 amide bonds. The van der Waals surface area contributed by atoms with Crippen LogP contribution < -0.4 is 0 Å². The molecule has 0 aromatic rings. The van der Waals surface area contributed by atoms with Crippen LogP contribution in [0.4, 0.5) is 48.3 Å². The van der Waals surface area contributed by atoms with Crippen LogP contribution >= 0.6 is 34.8 Å². The zero-order valence-corrected chi connectivity index (χ0v) is 15.7. The summed E-state index contributed by atoms with van der Waals surface area (Å²) >= 11 is 14.0. The van der Waals surface area contributed by atoms with Gasteiger partial charge in [-0.3, -0.25) is 0 Å². The molecule has 0 saturated heterocycles. The Morgan fingerprint density at radius 3 is 1.53 bits per heavy atom. The van der Waals surface area contributed by atoms with Crippen LogP contribution in [0.15, 0.2) is 24.6 Å². The minimum Gasteiger partial charge on any atom is -0.387 e. The Balaban J connectivity index is 0.000001000. The molecule has 0 fully saturated rings. The number of hydrogen-bond acceptors (Lipinski definition) is 3. The van der Waals surface area contributed by atoms with Crippen LogP contribution in [0, 0.1) is 0 Å². The molecule has 0 aromatic heterocycles. The SMILES string of the molecule is FC=CC(F)(C(F)(F)F)C(F)(F)C(Cl)C(Cl)(Cl)C(F)C(F)(F)F.O=C1C=CC(=O)O1. The third kappa shape index (κ3) is 6.13. The normalized spacial score (nSPS) is 19.8. The van der Waals surface area contributed by atoms with Crippen molar-refractivity contribution >= 4 is 46.7 Å². The maximum absolute atomic E-state index is 13.6. The molecule has 0 spiro atoms. The molecule has 3 atom stereocenters. The molecule has 3 nitrogen and oxygen atoms in total. The second-order valence-corrected chi connectivity index (χ2v) is 7.02. The molecule has 1 aliphatic heterocycles. The van der Waals surface area contributed by atoms with Crippen molar-refractivity contribution in [1.29, 1.82) is 0 Å². The standard InChI is InChI=1S/C9H4Cl3F11.C4H2O3/c10-3(6(11,12)4(14)8(18,19)20)7(16,17)5(15,1-2-13)9(21,22)23;5-3-1-2-4(6)7-3/h1-4H;1-2H. The Morgan fingerprint density at radius 1 is 0.900 bits per heavy atom. The molecule has 1 aliphatic rings. The highest BCUT2D eigenvalue weighted by Crippen LogP contribution is 2.55. The summed E-state index contributed by atoms with van der Waals surface area (Å²) in [5.74, 6) is -7.23. The zero-order valence-electron chi connectivity index (χ0n) is 13.5. The number of alkyl halides is 13. The number of hydrogen-bond donors (Lipinski definition) is 0. The number of esters is 2. The van der Waals surface area contributed by atoms with Crippen molar-refractivity contribution in [1.82, 2.24) is 0 Å². The van der Waals surface area contributed by atoms with Crippen LogP contribution in [0.2, 0.25) is 0 Å². The summed E-state index contributed by atoms with van der Waals surface area (Å²) in [5.41, 5.74) is -5.90. The first-order valence-corrected chi connectivity index (χ1v) is 7.93. The molecule has 0 aromatic carbocycles. The zero-order chi connectivity index (χ0) is 24.3. The molecule has 0 N–H and O–H groups in total. The van der Waals surface area contributed by atoms with E-state index in [2.05, 4.69) is 39.5 Å². The predicted octanol–water partition coefficient (Wildman–Crippen LogP) is 5.68. The van der Waals surface area contributed by atoms with Gasteiger partial charge in [-0.15, -0.1) is 11.6 Å². The number of rotatable bonds is 5. The maximum atomic E-state index is 13.6. The van der Waals surface area contributed by atoms with E-state index in [-0.39, 0.29) is 0 Å². The molecule has 0 aliphatic carbocycles. The largest absolute Gasteiger partial charge is 0.432 e. The van der Waals surface area contributed by atoms with Gasteiger partial charge < -0.3 is 4.74 Å². The molecule has 0 bridgehead atoms. The topological polar surface area (TPSA) is 43.4 Å². The molecular weight excluding hydrogens is 519 g/mol. The second-order valence-electron chi connectivity index (χ2n) is 5.14. The Labute approximate surface area is 174 Å². The van der Waals surface area contributed by atoms with Crippen LogP contribution in [0.25, 0.3) is 0 Å². The van der Waals surface area contributed by atoms with Crippen molar-refractivity contribution in [2.24, 2.45) is 0 Å². The lowest BCUT2D eigenvalue weighted by Gasteiger charge is -2.40. The fraction of sp³-hybridized carbons (Fsp3) is 0.538. The van der Waals surface area contributed by atoms with Crippen LogP contribution in [-0.4, -0.2) is 51.8 Å². The van der Waals surface area contributed by atoms with E-state index in [1.165, 1.54) is 0 Å². The first-order chi connectivity index (χ1) is 13.2. The molecule has 0 saturated carbocycles. The van der Waals surface area contributed by atoms with Gasteiger partial charge in [0.25, 0.3) is 5.67 Å². The van der Waals surface area contributed by atoms with Gasteiger partial charge in [-0.05, 0) is 6.08 Å². The first-order valence-electron chi connectivity index (χ1n) is 6.74. The summed E-state index contributed by atoms with van der Waals surface area (Å²) < 4.78 is 139. The molecule has 174 valence electrons. The minimum atomic E-state index is -6.54. The molecule has 1 rings (SSSR count). The quantitative estimate of drug-likeness (QED) is 0.201. The van der Waals surface area contributed by atoms with Crippen LogP contribution in [-0.2, 0) is 14.3 Å². The number of cyclic esters (lactones) is 2. The highest BCUT2D eigenvalue weighted by Gasteiger charge is 2.76. The highest BCUT2D eigenvalue weighted by molar-refractivity contribution is 6.53. The van der Waals surface area contributed by atoms with Crippen molar-refractivity contribution in [2.45, 2.75) is 39.8 Å². The lowest BCUT2D eigenvalue weighted by molar-refractivity contribution is -0.284. The maximum Gasteiger partial charge on any atom is 0.432 e. The molecule has 0 radical (unpaired) electrons.